The van der Waals surface area contributed by atoms with Crippen LogP contribution in [0, 0.1) is 0 Å². The second kappa shape index (κ2) is 7.68. The molecular formula is C15H21N5O3. The van der Waals surface area contributed by atoms with Gasteiger partial charge in [-0.3, -0.25) is 0 Å². The molecular weight excluding hydrogens is 298 g/mol. The van der Waals surface area contributed by atoms with Gasteiger partial charge in [-0.2, -0.15) is 5.21 Å². The number of carbonyl (C=O) groups excluding carboxylic acids is 1. The summed E-state index contributed by atoms with van der Waals surface area (Å²) in [6, 6.07) is 9.19. The SMILES string of the molecule is CC(C)(C)OC(=O)N[C@@H](COCc1ccccc1)c1nn[nH]n1. The summed E-state index contributed by atoms with van der Waals surface area (Å²) >= 11 is 0. The third-order valence-corrected chi connectivity index (χ3v) is 2.76. The molecule has 0 aliphatic heterocycles. The molecule has 1 atom stereocenters. The van der Waals surface area contributed by atoms with Crippen LogP contribution in [0.1, 0.15) is 38.2 Å². The first-order valence-electron chi connectivity index (χ1n) is 7.28. The first-order valence-corrected chi connectivity index (χ1v) is 7.28. The van der Waals surface area contributed by atoms with Gasteiger partial charge in [0.15, 0.2) is 5.82 Å². The fourth-order valence-electron chi connectivity index (χ4n) is 1.82. The molecule has 0 spiro atoms. The number of carbonyl (C=O) groups is 1. The van der Waals surface area contributed by atoms with Crippen LogP contribution in [0.15, 0.2) is 30.3 Å². The standard InChI is InChI=1S/C15H21N5O3/c1-15(2,3)23-14(21)16-12(13-17-19-20-18-13)10-22-9-11-7-5-4-6-8-11/h4-8,12H,9-10H2,1-3H3,(H,16,21)(H,17,18,19,20)/t12-/m0/s1. The summed E-state index contributed by atoms with van der Waals surface area (Å²) in [6.07, 6.45) is -0.560. The molecule has 0 saturated heterocycles. The molecule has 0 saturated carbocycles. The molecule has 23 heavy (non-hydrogen) atoms. The van der Waals surface area contributed by atoms with Gasteiger partial charge < -0.3 is 14.8 Å². The van der Waals surface area contributed by atoms with E-state index < -0.39 is 17.7 Å². The van der Waals surface area contributed by atoms with Crippen LogP contribution in [-0.2, 0) is 16.1 Å². The molecule has 0 unspecified atom stereocenters. The number of nitrogens with zero attached hydrogens (tertiary/aromatic N) is 3. The van der Waals surface area contributed by atoms with E-state index in [1.807, 2.05) is 30.3 Å². The highest BCUT2D eigenvalue weighted by Gasteiger charge is 2.23. The van der Waals surface area contributed by atoms with Crippen LogP contribution in [0.5, 0.6) is 0 Å². The fourth-order valence-corrected chi connectivity index (χ4v) is 1.82. The molecule has 0 aliphatic rings. The highest BCUT2D eigenvalue weighted by Crippen LogP contribution is 2.12. The van der Waals surface area contributed by atoms with Gasteiger partial charge in [0.05, 0.1) is 13.2 Å². The summed E-state index contributed by atoms with van der Waals surface area (Å²) < 4.78 is 10.9. The number of alkyl carbamates (subject to hydrolysis) is 1. The number of amides is 1. The zero-order valence-electron chi connectivity index (χ0n) is 13.4. The van der Waals surface area contributed by atoms with Gasteiger partial charge >= 0.3 is 6.09 Å². The summed E-state index contributed by atoms with van der Waals surface area (Å²) in [5, 5.41) is 16.3. The van der Waals surface area contributed by atoms with Gasteiger partial charge in [0.1, 0.15) is 11.6 Å². The molecule has 2 rings (SSSR count). The molecule has 0 aliphatic carbocycles. The van der Waals surface area contributed by atoms with E-state index in [0.717, 1.165) is 5.56 Å². The molecule has 0 bridgehead atoms. The summed E-state index contributed by atoms with van der Waals surface area (Å²) in [5.74, 6) is 0.337. The maximum atomic E-state index is 11.9. The lowest BCUT2D eigenvalue weighted by Gasteiger charge is -2.22. The number of nitrogens with one attached hydrogen (secondary N) is 2. The first kappa shape index (κ1) is 16.9. The first-order chi connectivity index (χ1) is 10.9. The summed E-state index contributed by atoms with van der Waals surface area (Å²) in [7, 11) is 0. The van der Waals surface area contributed by atoms with Gasteiger partial charge in [0.25, 0.3) is 0 Å². The number of H-pyrrole nitrogens is 1. The Morgan fingerprint density at radius 3 is 2.65 bits per heavy atom. The van der Waals surface area contributed by atoms with Gasteiger partial charge in [-0.25, -0.2) is 4.79 Å². The number of aromatic nitrogens is 4. The predicted octanol–water partition coefficient (Wildman–Crippen LogP) is 1.98. The number of rotatable bonds is 6. The number of ether oxygens (including phenoxy) is 2. The Kier molecular flexibility index (Phi) is 5.64. The van der Waals surface area contributed by atoms with E-state index >= 15 is 0 Å². The van der Waals surface area contributed by atoms with Gasteiger partial charge in [0.2, 0.25) is 0 Å². The molecule has 2 aromatic rings. The van der Waals surface area contributed by atoms with Crippen molar-refractivity contribution in [3.63, 3.8) is 0 Å². The Morgan fingerprint density at radius 2 is 2.04 bits per heavy atom. The monoisotopic (exact) mass is 319 g/mol. The molecule has 1 heterocycles. The molecule has 8 heteroatoms. The van der Waals surface area contributed by atoms with Gasteiger partial charge in [-0.1, -0.05) is 35.5 Å². The summed E-state index contributed by atoms with van der Waals surface area (Å²) in [5.41, 5.74) is 0.452. The zero-order valence-corrected chi connectivity index (χ0v) is 13.4. The number of tetrazole rings is 1. The highest BCUT2D eigenvalue weighted by molar-refractivity contribution is 5.68. The van der Waals surface area contributed by atoms with Crippen molar-refractivity contribution in [2.24, 2.45) is 0 Å². The minimum atomic E-state index is -0.587. The largest absolute Gasteiger partial charge is 0.444 e. The Hall–Kier alpha value is -2.48. The van der Waals surface area contributed by atoms with Crippen molar-refractivity contribution >= 4 is 6.09 Å². The lowest BCUT2D eigenvalue weighted by Crippen LogP contribution is -2.37. The second-order valence-corrected chi connectivity index (χ2v) is 5.97. The number of hydrogen-bond donors (Lipinski definition) is 2. The maximum Gasteiger partial charge on any atom is 0.408 e. The Morgan fingerprint density at radius 1 is 1.30 bits per heavy atom. The number of hydrogen-bond acceptors (Lipinski definition) is 6. The minimum Gasteiger partial charge on any atom is -0.444 e. The van der Waals surface area contributed by atoms with Crippen molar-refractivity contribution in [3.8, 4) is 0 Å². The van der Waals surface area contributed by atoms with Crippen LogP contribution < -0.4 is 5.32 Å². The molecule has 8 nitrogen and oxygen atoms in total. The predicted molar refractivity (Wildman–Crippen MR) is 82.4 cm³/mol. The van der Waals surface area contributed by atoms with Crippen molar-refractivity contribution in [1.29, 1.82) is 0 Å². The van der Waals surface area contributed by atoms with Gasteiger partial charge in [-0.15, -0.1) is 10.2 Å². The second-order valence-electron chi connectivity index (χ2n) is 5.97. The van der Waals surface area contributed by atoms with Gasteiger partial charge in [0, 0.05) is 0 Å². The molecule has 0 fully saturated rings. The highest BCUT2D eigenvalue weighted by atomic mass is 16.6. The van der Waals surface area contributed by atoms with Crippen LogP contribution in [0.3, 0.4) is 0 Å². The van der Waals surface area contributed by atoms with Crippen LogP contribution in [0.4, 0.5) is 4.79 Å². The topological polar surface area (TPSA) is 102 Å². The van der Waals surface area contributed by atoms with Gasteiger partial charge in [-0.05, 0) is 26.3 Å². The molecule has 124 valence electrons. The lowest BCUT2D eigenvalue weighted by atomic mass is 10.2. The number of benzene rings is 1. The normalized spacial score (nSPS) is 12.7. The van der Waals surface area contributed by atoms with E-state index in [1.165, 1.54) is 0 Å². The molecule has 2 N–H and O–H groups in total. The molecule has 0 radical (unpaired) electrons. The van der Waals surface area contributed by atoms with E-state index in [1.54, 1.807) is 20.8 Å². The van der Waals surface area contributed by atoms with Crippen molar-refractivity contribution in [3.05, 3.63) is 41.7 Å². The fraction of sp³-hybridized carbons (Fsp3) is 0.467. The number of aromatic amines is 1. The zero-order chi connectivity index (χ0) is 16.7. The van der Waals surface area contributed by atoms with Crippen molar-refractivity contribution in [1.82, 2.24) is 25.9 Å². The Bertz CT molecular complexity index is 595. The van der Waals surface area contributed by atoms with Crippen LogP contribution >= 0.6 is 0 Å². The van der Waals surface area contributed by atoms with E-state index in [2.05, 4.69) is 25.9 Å². The van der Waals surface area contributed by atoms with Crippen molar-refractivity contribution < 1.29 is 14.3 Å². The van der Waals surface area contributed by atoms with Crippen molar-refractivity contribution in [2.75, 3.05) is 6.61 Å². The summed E-state index contributed by atoms with van der Waals surface area (Å²) in [4.78, 5) is 11.9. The van der Waals surface area contributed by atoms with E-state index in [-0.39, 0.29) is 6.61 Å². The average Bonchev–Trinajstić information content (AvgIpc) is 2.99. The van der Waals surface area contributed by atoms with E-state index in [0.29, 0.717) is 12.4 Å². The quantitative estimate of drug-likeness (QED) is 0.844. The van der Waals surface area contributed by atoms with E-state index in [4.69, 9.17) is 9.47 Å². The average molecular weight is 319 g/mol. The summed E-state index contributed by atoms with van der Waals surface area (Å²) in [6.45, 7) is 6.00. The maximum absolute atomic E-state index is 11.9. The molecule has 1 aromatic carbocycles. The van der Waals surface area contributed by atoms with E-state index in [9.17, 15) is 4.79 Å². The Labute approximate surface area is 134 Å². The van der Waals surface area contributed by atoms with Crippen LogP contribution in [0.2, 0.25) is 0 Å². The van der Waals surface area contributed by atoms with Crippen molar-refractivity contribution in [2.45, 2.75) is 39.0 Å². The Balaban J connectivity index is 1.91. The van der Waals surface area contributed by atoms with Crippen LogP contribution in [-0.4, -0.2) is 38.9 Å². The third-order valence-electron chi connectivity index (χ3n) is 2.76. The smallest absolute Gasteiger partial charge is 0.408 e. The lowest BCUT2D eigenvalue weighted by molar-refractivity contribution is 0.0420. The van der Waals surface area contributed by atoms with Crippen LogP contribution in [0.25, 0.3) is 0 Å². The minimum absolute atomic E-state index is 0.202. The molecule has 1 amide bonds. The third kappa shape index (κ3) is 6.03. The molecule has 1 aromatic heterocycles.